The second kappa shape index (κ2) is 7.03. The molecule has 0 radical (unpaired) electrons. The molecule has 0 spiro atoms. The SMILES string of the molecule is COc1ccc2c(c1)CCCC2CNC(N)=NCC1CCC1. The van der Waals surface area contributed by atoms with Gasteiger partial charge in [-0.05, 0) is 61.3 Å². The Morgan fingerprint density at radius 1 is 1.32 bits per heavy atom. The fourth-order valence-corrected chi connectivity index (χ4v) is 3.42. The van der Waals surface area contributed by atoms with Crippen LogP contribution in [0.25, 0.3) is 0 Å². The maximum absolute atomic E-state index is 6.00. The van der Waals surface area contributed by atoms with Crippen LogP contribution in [0.1, 0.15) is 49.1 Å². The Bertz CT molecular complexity index is 537. The van der Waals surface area contributed by atoms with Crippen LogP contribution in [0, 0.1) is 5.92 Å². The monoisotopic (exact) mass is 301 g/mol. The van der Waals surface area contributed by atoms with Gasteiger partial charge in [0.05, 0.1) is 7.11 Å². The third-order valence-corrected chi connectivity index (χ3v) is 5.06. The first-order valence-corrected chi connectivity index (χ1v) is 8.47. The molecule has 1 unspecified atom stereocenters. The maximum atomic E-state index is 6.00. The smallest absolute Gasteiger partial charge is 0.188 e. The predicted octanol–water partition coefficient (Wildman–Crippen LogP) is 2.82. The summed E-state index contributed by atoms with van der Waals surface area (Å²) in [6.07, 6.45) is 7.57. The quantitative estimate of drug-likeness (QED) is 0.649. The van der Waals surface area contributed by atoms with Gasteiger partial charge in [0.15, 0.2) is 5.96 Å². The van der Waals surface area contributed by atoms with Crippen LogP contribution < -0.4 is 15.8 Å². The second-order valence-electron chi connectivity index (χ2n) is 6.56. The van der Waals surface area contributed by atoms with Crippen LogP contribution in [0.2, 0.25) is 0 Å². The summed E-state index contributed by atoms with van der Waals surface area (Å²) < 4.78 is 5.33. The molecule has 2 aliphatic rings. The number of benzene rings is 1. The Morgan fingerprint density at radius 3 is 2.91 bits per heavy atom. The highest BCUT2D eigenvalue weighted by Gasteiger charge is 2.21. The number of nitrogens with two attached hydrogens (primary N) is 1. The molecule has 3 rings (SSSR count). The standard InChI is InChI=1S/C18H27N3O/c1-22-16-8-9-17-14(10-16)6-3-7-15(17)12-21-18(19)20-11-13-4-2-5-13/h8-10,13,15H,2-7,11-12H2,1H3,(H3,19,20,21). The summed E-state index contributed by atoms with van der Waals surface area (Å²) in [6.45, 7) is 1.76. The van der Waals surface area contributed by atoms with E-state index in [0.29, 0.717) is 11.9 Å². The normalized spacial score (nSPS) is 21.9. The van der Waals surface area contributed by atoms with Crippen LogP contribution in [0.3, 0.4) is 0 Å². The van der Waals surface area contributed by atoms with E-state index in [-0.39, 0.29) is 0 Å². The number of fused-ring (bicyclic) bond motifs is 1. The predicted molar refractivity (Wildman–Crippen MR) is 90.5 cm³/mol. The van der Waals surface area contributed by atoms with E-state index in [0.717, 1.165) is 31.2 Å². The van der Waals surface area contributed by atoms with Crippen molar-refractivity contribution in [3.05, 3.63) is 29.3 Å². The molecule has 120 valence electrons. The molecule has 1 atom stereocenters. The summed E-state index contributed by atoms with van der Waals surface area (Å²) in [5, 5.41) is 3.32. The lowest BCUT2D eigenvalue weighted by molar-refractivity contribution is 0.326. The van der Waals surface area contributed by atoms with Gasteiger partial charge < -0.3 is 15.8 Å². The first-order valence-electron chi connectivity index (χ1n) is 8.47. The van der Waals surface area contributed by atoms with Crippen molar-refractivity contribution >= 4 is 5.96 Å². The minimum atomic E-state index is 0.520. The van der Waals surface area contributed by atoms with Crippen molar-refractivity contribution in [2.24, 2.45) is 16.6 Å². The van der Waals surface area contributed by atoms with E-state index >= 15 is 0 Å². The van der Waals surface area contributed by atoms with Crippen LogP contribution in [0.5, 0.6) is 5.75 Å². The van der Waals surface area contributed by atoms with Crippen LogP contribution in [-0.4, -0.2) is 26.2 Å². The third-order valence-electron chi connectivity index (χ3n) is 5.06. The number of guanidine groups is 1. The average Bonchev–Trinajstić information content (AvgIpc) is 2.50. The van der Waals surface area contributed by atoms with Crippen molar-refractivity contribution in [3.63, 3.8) is 0 Å². The van der Waals surface area contributed by atoms with E-state index in [1.807, 2.05) is 0 Å². The highest BCUT2D eigenvalue weighted by molar-refractivity contribution is 5.77. The van der Waals surface area contributed by atoms with Gasteiger partial charge in [-0.1, -0.05) is 12.5 Å². The van der Waals surface area contributed by atoms with E-state index in [4.69, 9.17) is 10.5 Å². The Morgan fingerprint density at radius 2 is 2.18 bits per heavy atom. The van der Waals surface area contributed by atoms with Gasteiger partial charge in [0.25, 0.3) is 0 Å². The Hall–Kier alpha value is -1.71. The topological polar surface area (TPSA) is 59.6 Å². The maximum Gasteiger partial charge on any atom is 0.188 e. The average molecular weight is 301 g/mol. The first kappa shape index (κ1) is 15.2. The second-order valence-corrected chi connectivity index (χ2v) is 6.56. The first-order chi connectivity index (χ1) is 10.8. The highest BCUT2D eigenvalue weighted by Crippen LogP contribution is 2.33. The summed E-state index contributed by atoms with van der Waals surface area (Å²) in [5.41, 5.74) is 8.86. The molecular weight excluding hydrogens is 274 g/mol. The number of rotatable bonds is 5. The van der Waals surface area contributed by atoms with Crippen molar-refractivity contribution in [1.82, 2.24) is 5.32 Å². The number of methoxy groups -OCH3 is 1. The van der Waals surface area contributed by atoms with Gasteiger partial charge >= 0.3 is 0 Å². The van der Waals surface area contributed by atoms with Gasteiger partial charge in [-0.3, -0.25) is 4.99 Å². The molecule has 22 heavy (non-hydrogen) atoms. The molecule has 0 saturated heterocycles. The molecule has 4 nitrogen and oxygen atoms in total. The van der Waals surface area contributed by atoms with Crippen LogP contribution in [0.15, 0.2) is 23.2 Å². The van der Waals surface area contributed by atoms with Crippen LogP contribution >= 0.6 is 0 Å². The number of aliphatic imine (C=N–C) groups is 1. The van der Waals surface area contributed by atoms with Crippen molar-refractivity contribution in [2.45, 2.75) is 44.4 Å². The number of aryl methyl sites for hydroxylation is 1. The molecule has 0 amide bonds. The molecule has 0 aliphatic heterocycles. The summed E-state index contributed by atoms with van der Waals surface area (Å²) in [5.74, 6) is 2.84. The van der Waals surface area contributed by atoms with Crippen LogP contribution in [0.4, 0.5) is 0 Å². The van der Waals surface area contributed by atoms with E-state index in [9.17, 15) is 0 Å². The Balaban J connectivity index is 1.57. The van der Waals surface area contributed by atoms with Gasteiger partial charge in [-0.15, -0.1) is 0 Å². The lowest BCUT2D eigenvalue weighted by Gasteiger charge is -2.26. The molecular formula is C18H27N3O. The zero-order valence-electron chi connectivity index (χ0n) is 13.5. The molecule has 4 heteroatoms. The summed E-state index contributed by atoms with van der Waals surface area (Å²) in [4.78, 5) is 4.48. The fraction of sp³-hybridized carbons (Fsp3) is 0.611. The van der Waals surface area contributed by atoms with Gasteiger partial charge in [0, 0.05) is 19.0 Å². The zero-order valence-corrected chi connectivity index (χ0v) is 13.5. The highest BCUT2D eigenvalue weighted by atomic mass is 16.5. The summed E-state index contributed by atoms with van der Waals surface area (Å²) in [6, 6.07) is 6.45. The van der Waals surface area contributed by atoms with Crippen molar-refractivity contribution in [3.8, 4) is 5.75 Å². The largest absolute Gasteiger partial charge is 0.497 e. The minimum absolute atomic E-state index is 0.520. The number of hydrogen-bond acceptors (Lipinski definition) is 2. The number of nitrogens with one attached hydrogen (secondary N) is 1. The summed E-state index contributed by atoms with van der Waals surface area (Å²) in [7, 11) is 1.73. The van der Waals surface area contributed by atoms with E-state index < -0.39 is 0 Å². The number of ether oxygens (including phenoxy) is 1. The molecule has 0 bridgehead atoms. The van der Waals surface area contributed by atoms with E-state index in [2.05, 4.69) is 28.5 Å². The molecule has 1 aromatic carbocycles. The molecule has 3 N–H and O–H groups in total. The minimum Gasteiger partial charge on any atom is -0.497 e. The lowest BCUT2D eigenvalue weighted by Crippen LogP contribution is -2.36. The molecule has 1 saturated carbocycles. The van der Waals surface area contributed by atoms with Gasteiger partial charge in [-0.2, -0.15) is 0 Å². The van der Waals surface area contributed by atoms with E-state index in [1.165, 1.54) is 43.2 Å². The Labute approximate surface area is 133 Å². The van der Waals surface area contributed by atoms with Crippen molar-refractivity contribution < 1.29 is 4.74 Å². The molecule has 0 aromatic heterocycles. The number of nitrogens with zero attached hydrogens (tertiary/aromatic N) is 1. The summed E-state index contributed by atoms with van der Waals surface area (Å²) >= 11 is 0. The number of hydrogen-bond donors (Lipinski definition) is 2. The van der Waals surface area contributed by atoms with Gasteiger partial charge in [0.1, 0.15) is 5.75 Å². The van der Waals surface area contributed by atoms with E-state index in [1.54, 1.807) is 7.11 Å². The molecule has 1 aromatic rings. The lowest BCUT2D eigenvalue weighted by atomic mass is 9.82. The zero-order chi connectivity index (χ0) is 15.4. The van der Waals surface area contributed by atoms with Gasteiger partial charge in [0.2, 0.25) is 0 Å². The Kier molecular flexibility index (Phi) is 4.86. The van der Waals surface area contributed by atoms with Crippen LogP contribution in [-0.2, 0) is 6.42 Å². The molecule has 0 heterocycles. The van der Waals surface area contributed by atoms with Crippen molar-refractivity contribution in [2.75, 3.05) is 20.2 Å². The fourth-order valence-electron chi connectivity index (χ4n) is 3.42. The molecule has 1 fully saturated rings. The van der Waals surface area contributed by atoms with Crippen molar-refractivity contribution in [1.29, 1.82) is 0 Å². The van der Waals surface area contributed by atoms with Gasteiger partial charge in [-0.25, -0.2) is 0 Å². The third kappa shape index (κ3) is 3.54. The molecule has 2 aliphatic carbocycles.